The number of nitrogens with one attached hydrogen (secondary N) is 1. The van der Waals surface area contributed by atoms with Crippen LogP contribution in [0.5, 0.6) is 0 Å². The van der Waals surface area contributed by atoms with Crippen molar-refractivity contribution in [3.63, 3.8) is 0 Å². The molecule has 1 saturated carbocycles. The predicted octanol–water partition coefficient (Wildman–Crippen LogP) is 7.68. The minimum Gasteiger partial charge on any atom is -0.349 e. The van der Waals surface area contributed by atoms with E-state index in [2.05, 4.69) is 68.6 Å². The van der Waals surface area contributed by atoms with Gasteiger partial charge in [0.25, 0.3) is 0 Å². The summed E-state index contributed by atoms with van der Waals surface area (Å²) in [6.07, 6.45) is 6.33. The van der Waals surface area contributed by atoms with E-state index in [-0.39, 0.29) is 29.8 Å². The van der Waals surface area contributed by atoms with Gasteiger partial charge in [0.2, 0.25) is 5.91 Å². The summed E-state index contributed by atoms with van der Waals surface area (Å²) in [6.45, 7) is 8.49. The maximum atomic E-state index is 13.6. The lowest BCUT2D eigenvalue weighted by Crippen LogP contribution is -2.41. The van der Waals surface area contributed by atoms with Crippen LogP contribution in [0.2, 0.25) is 0 Å². The quantitative estimate of drug-likeness (QED) is 0.336. The summed E-state index contributed by atoms with van der Waals surface area (Å²) < 4.78 is 0. The average Bonchev–Trinajstić information content (AvgIpc) is 3.51. The summed E-state index contributed by atoms with van der Waals surface area (Å²) >= 11 is 0. The topological polar surface area (TPSA) is 52.7 Å². The molecule has 2 aliphatic rings. The molecule has 3 aromatic rings. The molecule has 5 rings (SSSR count). The lowest BCUT2D eigenvalue weighted by molar-refractivity contribution is -0.127. The van der Waals surface area contributed by atoms with Gasteiger partial charge in [-0.25, -0.2) is 4.79 Å². The van der Waals surface area contributed by atoms with E-state index in [9.17, 15) is 9.59 Å². The zero-order valence-electron chi connectivity index (χ0n) is 24.2. The van der Waals surface area contributed by atoms with Crippen LogP contribution in [0, 0.1) is 19.8 Å². The van der Waals surface area contributed by atoms with Gasteiger partial charge < -0.3 is 10.2 Å². The SMILES string of the molecule is Cc1ccc(C(C)NC(=O)[C@H]2CCCC[C@@H]2c2ccc(CN(C(=O)N3CCCC3)c3ccccc3)cc2)c(C)c1. The van der Waals surface area contributed by atoms with Crippen molar-refractivity contribution in [3.05, 3.63) is 101 Å². The second-order valence-corrected chi connectivity index (χ2v) is 11.7. The molecular weight excluding hydrogens is 494 g/mol. The van der Waals surface area contributed by atoms with E-state index in [1.807, 2.05) is 40.1 Å². The third-order valence-corrected chi connectivity index (χ3v) is 8.78. The number of nitrogens with zero attached hydrogens (tertiary/aromatic N) is 2. The Bertz CT molecular complexity index is 1300. The molecule has 3 atom stereocenters. The number of anilines is 1. The molecule has 1 aliphatic heterocycles. The number of urea groups is 1. The van der Waals surface area contributed by atoms with E-state index >= 15 is 0 Å². The highest BCUT2D eigenvalue weighted by Crippen LogP contribution is 2.38. The number of carbonyl (C=O) groups is 2. The fraction of sp³-hybridized carbons (Fsp3) is 0.429. The van der Waals surface area contributed by atoms with Gasteiger partial charge in [-0.1, -0.05) is 79.1 Å². The molecule has 210 valence electrons. The monoisotopic (exact) mass is 537 g/mol. The van der Waals surface area contributed by atoms with Gasteiger partial charge >= 0.3 is 6.03 Å². The number of hydrogen-bond acceptors (Lipinski definition) is 2. The maximum absolute atomic E-state index is 13.6. The molecule has 0 spiro atoms. The van der Waals surface area contributed by atoms with E-state index in [1.165, 1.54) is 22.3 Å². The first-order valence-electron chi connectivity index (χ1n) is 15.0. The number of likely N-dealkylation sites (tertiary alicyclic amines) is 1. The molecule has 0 aromatic heterocycles. The van der Waals surface area contributed by atoms with Gasteiger partial charge in [0.15, 0.2) is 0 Å². The molecule has 0 bridgehead atoms. The molecular formula is C35H43N3O2. The number of para-hydroxylation sites is 1. The van der Waals surface area contributed by atoms with Crippen molar-refractivity contribution >= 4 is 17.6 Å². The first kappa shape index (κ1) is 27.9. The largest absolute Gasteiger partial charge is 0.349 e. The fourth-order valence-electron chi connectivity index (χ4n) is 6.56. The first-order chi connectivity index (χ1) is 19.4. The maximum Gasteiger partial charge on any atom is 0.324 e. The summed E-state index contributed by atoms with van der Waals surface area (Å²) in [5.41, 5.74) is 6.88. The van der Waals surface area contributed by atoms with Crippen LogP contribution in [0.1, 0.15) is 85.2 Å². The zero-order valence-corrected chi connectivity index (χ0v) is 24.2. The van der Waals surface area contributed by atoms with E-state index < -0.39 is 0 Å². The molecule has 1 aliphatic carbocycles. The van der Waals surface area contributed by atoms with Crippen LogP contribution in [0.25, 0.3) is 0 Å². The fourth-order valence-corrected chi connectivity index (χ4v) is 6.56. The van der Waals surface area contributed by atoms with Crippen molar-refractivity contribution in [2.75, 3.05) is 18.0 Å². The molecule has 3 amide bonds. The minimum atomic E-state index is -0.0228. The summed E-state index contributed by atoms with van der Waals surface area (Å²) in [6, 6.07) is 25.1. The Morgan fingerprint density at radius 3 is 2.30 bits per heavy atom. The Morgan fingerprint density at radius 1 is 0.900 bits per heavy atom. The number of rotatable bonds is 7. The van der Waals surface area contributed by atoms with Crippen molar-refractivity contribution in [1.29, 1.82) is 0 Å². The summed E-state index contributed by atoms with van der Waals surface area (Å²) in [7, 11) is 0. The lowest BCUT2D eigenvalue weighted by Gasteiger charge is -2.32. The molecule has 0 radical (unpaired) electrons. The highest BCUT2D eigenvalue weighted by molar-refractivity contribution is 5.92. The second kappa shape index (κ2) is 12.7. The van der Waals surface area contributed by atoms with Gasteiger partial charge in [-0.3, -0.25) is 9.69 Å². The number of amides is 3. The van der Waals surface area contributed by atoms with E-state index in [1.54, 1.807) is 0 Å². The van der Waals surface area contributed by atoms with Gasteiger partial charge in [0.1, 0.15) is 0 Å². The number of carbonyl (C=O) groups excluding carboxylic acids is 2. The summed E-state index contributed by atoms with van der Waals surface area (Å²) in [4.78, 5) is 30.8. The predicted molar refractivity (Wildman–Crippen MR) is 162 cm³/mol. The molecule has 40 heavy (non-hydrogen) atoms. The molecule has 3 aromatic carbocycles. The van der Waals surface area contributed by atoms with Crippen molar-refractivity contribution in [3.8, 4) is 0 Å². The molecule has 2 fully saturated rings. The molecule has 1 N–H and O–H groups in total. The number of hydrogen-bond donors (Lipinski definition) is 1. The van der Waals surface area contributed by atoms with E-state index in [0.29, 0.717) is 6.54 Å². The number of aryl methyl sites for hydroxylation is 2. The Labute approximate surface area is 239 Å². The Kier molecular flexibility index (Phi) is 8.88. The van der Waals surface area contributed by atoms with Crippen LogP contribution < -0.4 is 10.2 Å². The molecule has 1 saturated heterocycles. The Balaban J connectivity index is 1.29. The van der Waals surface area contributed by atoms with Crippen LogP contribution in [-0.4, -0.2) is 29.9 Å². The van der Waals surface area contributed by atoms with Crippen molar-refractivity contribution in [2.45, 2.75) is 77.8 Å². The molecule has 1 heterocycles. The molecule has 1 unspecified atom stereocenters. The van der Waals surface area contributed by atoms with E-state index in [4.69, 9.17) is 0 Å². The first-order valence-corrected chi connectivity index (χ1v) is 15.0. The molecule has 5 heteroatoms. The Hall–Kier alpha value is -3.60. The van der Waals surface area contributed by atoms with Crippen LogP contribution in [0.4, 0.5) is 10.5 Å². The Morgan fingerprint density at radius 2 is 1.60 bits per heavy atom. The highest BCUT2D eigenvalue weighted by Gasteiger charge is 2.33. The minimum absolute atomic E-state index is 0.0184. The summed E-state index contributed by atoms with van der Waals surface area (Å²) in [5.74, 6) is 0.351. The lowest BCUT2D eigenvalue weighted by atomic mass is 9.74. The van der Waals surface area contributed by atoms with Crippen LogP contribution in [-0.2, 0) is 11.3 Å². The van der Waals surface area contributed by atoms with Crippen molar-refractivity contribution < 1.29 is 9.59 Å². The van der Waals surface area contributed by atoms with Crippen molar-refractivity contribution in [1.82, 2.24) is 10.2 Å². The van der Waals surface area contributed by atoms with Gasteiger partial charge in [-0.2, -0.15) is 0 Å². The third-order valence-electron chi connectivity index (χ3n) is 8.78. The van der Waals surface area contributed by atoms with Crippen LogP contribution >= 0.6 is 0 Å². The van der Waals surface area contributed by atoms with Gasteiger partial charge in [-0.15, -0.1) is 0 Å². The second-order valence-electron chi connectivity index (χ2n) is 11.7. The van der Waals surface area contributed by atoms with Crippen molar-refractivity contribution in [2.24, 2.45) is 5.92 Å². The third kappa shape index (κ3) is 6.41. The number of benzene rings is 3. The van der Waals surface area contributed by atoms with Crippen LogP contribution in [0.15, 0.2) is 72.8 Å². The van der Waals surface area contributed by atoms with E-state index in [0.717, 1.165) is 62.9 Å². The smallest absolute Gasteiger partial charge is 0.324 e. The van der Waals surface area contributed by atoms with Crippen LogP contribution in [0.3, 0.4) is 0 Å². The van der Waals surface area contributed by atoms with Gasteiger partial charge in [0.05, 0.1) is 12.6 Å². The standard InChI is InChI=1S/C35H43N3O2/c1-25-15-20-31(26(2)23-25)27(3)36-34(39)33-14-8-7-13-32(33)29-18-16-28(17-19-29)24-38(30-11-5-4-6-12-30)35(40)37-21-9-10-22-37/h4-6,11-12,15-20,23,27,32-33H,7-10,13-14,21-22,24H2,1-3H3,(H,36,39)/t27?,32-,33+/m1/s1. The average molecular weight is 538 g/mol. The van der Waals surface area contributed by atoms with Gasteiger partial charge in [-0.05, 0) is 86.8 Å². The highest BCUT2D eigenvalue weighted by atomic mass is 16.2. The summed E-state index contributed by atoms with van der Waals surface area (Å²) in [5, 5.41) is 3.33. The molecule has 5 nitrogen and oxygen atoms in total. The normalized spacial score (nSPS) is 19.7. The zero-order chi connectivity index (χ0) is 28.1. The van der Waals surface area contributed by atoms with Gasteiger partial charge in [0, 0.05) is 24.7 Å².